The van der Waals surface area contributed by atoms with Gasteiger partial charge in [0.2, 0.25) is 0 Å². The molecule has 0 N–H and O–H groups in total. The van der Waals surface area contributed by atoms with Gasteiger partial charge >= 0.3 is 0 Å². The van der Waals surface area contributed by atoms with Gasteiger partial charge in [-0.1, -0.05) is 164 Å². The van der Waals surface area contributed by atoms with E-state index in [0.717, 1.165) is 33.0 Å². The molecule has 0 spiro atoms. The van der Waals surface area contributed by atoms with Crippen molar-refractivity contribution in [3.05, 3.63) is 194 Å². The molecular formula is C51H32N4O. The van der Waals surface area contributed by atoms with Gasteiger partial charge < -0.3 is 8.98 Å². The van der Waals surface area contributed by atoms with Crippen molar-refractivity contribution in [2.24, 2.45) is 0 Å². The number of hydrogen-bond donors (Lipinski definition) is 0. The SMILES string of the molecule is [2H]c1c([2H])c([2H])c2c(c1[2H])c1c([2H])c([2H])c([2H])c(-c3nc(-c4ccccc4)nc(-c4ccc(-c5ccccc5)cc4)n3)c1n2-c1cc(-c2ccccc2)c2c(c1)oc1ccccc12. The van der Waals surface area contributed by atoms with Gasteiger partial charge in [0.05, 0.1) is 26.3 Å². The van der Waals surface area contributed by atoms with Crippen molar-refractivity contribution in [1.29, 1.82) is 0 Å². The summed E-state index contributed by atoms with van der Waals surface area (Å²) in [5.74, 6) is 0.634. The normalized spacial score (nSPS) is 13.3. The highest BCUT2D eigenvalue weighted by atomic mass is 16.3. The first kappa shape index (κ1) is 25.4. The van der Waals surface area contributed by atoms with Gasteiger partial charge in [-0.15, -0.1) is 0 Å². The maximum Gasteiger partial charge on any atom is 0.166 e. The topological polar surface area (TPSA) is 56.7 Å². The zero-order chi connectivity index (χ0) is 43.1. The lowest BCUT2D eigenvalue weighted by atomic mass is 9.98. The van der Waals surface area contributed by atoms with E-state index in [4.69, 9.17) is 22.1 Å². The summed E-state index contributed by atoms with van der Waals surface area (Å²) in [5, 5.41) is 1.85. The zero-order valence-electron chi connectivity index (χ0n) is 36.6. The molecule has 0 fully saturated rings. The molecule has 5 nitrogen and oxygen atoms in total. The molecule has 11 aromatic rings. The predicted octanol–water partition coefficient (Wildman–Crippen LogP) is 13.2. The average Bonchev–Trinajstić information content (AvgIpc) is 3.89. The van der Waals surface area contributed by atoms with E-state index in [1.54, 1.807) is 4.57 Å². The number of nitrogens with zero attached hydrogens (tertiary/aromatic N) is 4. The molecule has 56 heavy (non-hydrogen) atoms. The number of rotatable bonds is 6. The lowest BCUT2D eigenvalue weighted by molar-refractivity contribution is 0.668. The van der Waals surface area contributed by atoms with Crippen LogP contribution in [0.4, 0.5) is 0 Å². The Balaban J connectivity index is 1.28. The van der Waals surface area contributed by atoms with Crippen LogP contribution in [-0.4, -0.2) is 19.5 Å². The summed E-state index contributed by atoms with van der Waals surface area (Å²) in [6, 6.07) is 45.6. The number of furan rings is 1. The van der Waals surface area contributed by atoms with Crippen molar-refractivity contribution in [2.45, 2.75) is 0 Å². The Bertz CT molecular complexity index is 3630. The molecule has 0 unspecified atom stereocenters. The Hall–Kier alpha value is -7.63. The van der Waals surface area contributed by atoms with Crippen molar-refractivity contribution >= 4 is 43.7 Å². The molecule has 0 saturated heterocycles. The van der Waals surface area contributed by atoms with Crippen LogP contribution in [0.3, 0.4) is 0 Å². The molecule has 0 saturated carbocycles. The van der Waals surface area contributed by atoms with E-state index in [2.05, 4.69) is 0 Å². The summed E-state index contributed by atoms with van der Waals surface area (Å²) < 4.78 is 72.8. The number of hydrogen-bond acceptors (Lipinski definition) is 4. The highest BCUT2D eigenvalue weighted by molar-refractivity contribution is 6.16. The molecule has 0 amide bonds. The molecule has 11 rings (SSSR count). The molecule has 0 aliphatic rings. The van der Waals surface area contributed by atoms with Gasteiger partial charge in [-0.2, -0.15) is 0 Å². The molecule has 3 heterocycles. The largest absolute Gasteiger partial charge is 0.456 e. The highest BCUT2D eigenvalue weighted by Crippen LogP contribution is 2.42. The van der Waals surface area contributed by atoms with Crippen LogP contribution in [-0.2, 0) is 0 Å². The van der Waals surface area contributed by atoms with Crippen LogP contribution < -0.4 is 0 Å². The van der Waals surface area contributed by atoms with Crippen molar-refractivity contribution in [3.63, 3.8) is 0 Å². The summed E-state index contributed by atoms with van der Waals surface area (Å²) in [6.45, 7) is 0. The molecule has 3 aromatic heterocycles. The second kappa shape index (κ2) is 13.0. The van der Waals surface area contributed by atoms with Gasteiger partial charge in [-0.05, 0) is 46.5 Å². The van der Waals surface area contributed by atoms with Crippen LogP contribution >= 0.6 is 0 Å². The number of fused-ring (bicyclic) bond motifs is 6. The van der Waals surface area contributed by atoms with Gasteiger partial charge in [0.15, 0.2) is 17.5 Å². The minimum absolute atomic E-state index is 0.0295. The first-order valence-corrected chi connectivity index (χ1v) is 18.2. The summed E-state index contributed by atoms with van der Waals surface area (Å²) in [7, 11) is 0. The fourth-order valence-electron chi connectivity index (χ4n) is 7.58. The Labute approximate surface area is 332 Å². The monoisotopic (exact) mass is 723 g/mol. The van der Waals surface area contributed by atoms with Crippen molar-refractivity contribution < 1.29 is 14.0 Å². The maximum atomic E-state index is 9.63. The van der Waals surface area contributed by atoms with Gasteiger partial charge in [0.1, 0.15) is 11.2 Å². The van der Waals surface area contributed by atoms with E-state index in [1.807, 2.05) is 152 Å². The van der Waals surface area contributed by atoms with E-state index < -0.39 is 18.1 Å². The highest BCUT2D eigenvalue weighted by Gasteiger charge is 2.22. The summed E-state index contributed by atoms with van der Waals surface area (Å²) in [6.07, 6.45) is 0. The minimum atomic E-state index is -0.487. The molecule has 0 bridgehead atoms. The minimum Gasteiger partial charge on any atom is -0.456 e. The molecule has 0 radical (unpaired) electrons. The van der Waals surface area contributed by atoms with Gasteiger partial charge in [-0.3, -0.25) is 0 Å². The quantitative estimate of drug-likeness (QED) is 0.171. The van der Waals surface area contributed by atoms with Crippen LogP contribution in [0.2, 0.25) is 0 Å². The molecule has 0 aliphatic heterocycles. The first-order chi connectivity index (χ1) is 30.7. The molecule has 0 atom stereocenters. The molecular weight excluding hydrogens is 685 g/mol. The summed E-state index contributed by atoms with van der Waals surface area (Å²) in [4.78, 5) is 14.9. The van der Waals surface area contributed by atoms with Crippen LogP contribution in [0.15, 0.2) is 198 Å². The van der Waals surface area contributed by atoms with E-state index in [-0.39, 0.29) is 57.4 Å². The Kier molecular flexibility index (Phi) is 5.92. The van der Waals surface area contributed by atoms with Gasteiger partial charge in [0, 0.05) is 44.3 Å². The fourth-order valence-corrected chi connectivity index (χ4v) is 7.58. The maximum absolute atomic E-state index is 9.63. The number of benzene rings is 8. The van der Waals surface area contributed by atoms with Gasteiger partial charge in [-0.25, -0.2) is 15.0 Å². The Morgan fingerprint density at radius 2 is 1.00 bits per heavy atom. The summed E-state index contributed by atoms with van der Waals surface area (Å²) in [5.41, 5.74) is 7.00. The van der Waals surface area contributed by atoms with Crippen LogP contribution in [0.5, 0.6) is 0 Å². The Morgan fingerprint density at radius 3 is 1.75 bits per heavy atom. The van der Waals surface area contributed by atoms with Gasteiger partial charge in [0.25, 0.3) is 0 Å². The molecule has 5 heteroatoms. The lowest BCUT2D eigenvalue weighted by Crippen LogP contribution is -2.02. The smallest absolute Gasteiger partial charge is 0.166 e. The standard InChI is InChI=1S/C51H32N4O/c1-4-15-33(16-5-1)34-27-29-37(30-28-34)50-52-49(36-19-8-3-9-20-36)53-51(54-50)42-24-14-23-40-39-21-10-12-25-44(39)55(48(40)42)38-31-43(35-17-6-2-7-18-35)47-41-22-11-13-26-45(41)56-46(47)32-38/h1-32H/i10D,12D,14D,21D,23D,24D,25D. The second-order valence-corrected chi connectivity index (χ2v) is 13.5. The number of para-hydroxylation sites is 3. The average molecular weight is 724 g/mol. The van der Waals surface area contributed by atoms with E-state index in [1.165, 1.54) is 0 Å². The third-order valence-corrected chi connectivity index (χ3v) is 10.2. The molecule has 8 aromatic carbocycles. The van der Waals surface area contributed by atoms with E-state index in [0.29, 0.717) is 39.6 Å². The third-order valence-electron chi connectivity index (χ3n) is 10.2. The van der Waals surface area contributed by atoms with E-state index >= 15 is 0 Å². The second-order valence-electron chi connectivity index (χ2n) is 13.5. The molecule has 262 valence electrons. The predicted molar refractivity (Wildman–Crippen MR) is 229 cm³/mol. The van der Waals surface area contributed by atoms with Crippen molar-refractivity contribution in [2.75, 3.05) is 0 Å². The van der Waals surface area contributed by atoms with Crippen LogP contribution in [0.1, 0.15) is 9.60 Å². The Morgan fingerprint density at radius 1 is 0.429 bits per heavy atom. The number of aromatic nitrogens is 4. The van der Waals surface area contributed by atoms with Crippen LogP contribution in [0.25, 0.3) is 106 Å². The van der Waals surface area contributed by atoms with Crippen molar-refractivity contribution in [1.82, 2.24) is 19.5 Å². The van der Waals surface area contributed by atoms with Crippen molar-refractivity contribution in [3.8, 4) is 62.1 Å². The zero-order valence-corrected chi connectivity index (χ0v) is 29.6. The third kappa shape index (κ3) is 5.29. The van der Waals surface area contributed by atoms with Crippen LogP contribution in [0, 0.1) is 0 Å². The molecule has 0 aliphatic carbocycles. The van der Waals surface area contributed by atoms with E-state index in [9.17, 15) is 6.85 Å². The first-order valence-electron chi connectivity index (χ1n) is 21.7. The lowest BCUT2D eigenvalue weighted by Gasteiger charge is -2.14. The fraction of sp³-hybridized carbons (Fsp3) is 0. The summed E-state index contributed by atoms with van der Waals surface area (Å²) >= 11 is 0.